The molecule has 4 aromatic carbocycles. The fraction of sp³-hybridized carbons (Fsp3) is 0.0857. The molecular weight excluding hydrogens is 434 g/mol. The lowest BCUT2D eigenvalue weighted by atomic mass is 9.71. The van der Waals surface area contributed by atoms with Gasteiger partial charge in [0.2, 0.25) is 0 Å². The predicted molar refractivity (Wildman–Crippen MR) is 152 cm³/mol. The molecule has 0 saturated carbocycles. The number of hydrogen-bond donors (Lipinski definition) is 0. The zero-order valence-electron chi connectivity index (χ0n) is 20.4. The molecule has 0 aliphatic heterocycles. The molecule has 0 heterocycles. The molecule has 3 aliphatic carbocycles. The van der Waals surface area contributed by atoms with E-state index in [1.807, 2.05) is 0 Å². The van der Waals surface area contributed by atoms with E-state index >= 15 is 0 Å². The van der Waals surface area contributed by atoms with Crippen molar-refractivity contribution in [3.63, 3.8) is 0 Å². The highest BCUT2D eigenvalue weighted by molar-refractivity contribution is 5.88. The van der Waals surface area contributed by atoms with Gasteiger partial charge in [-0.1, -0.05) is 103 Å². The highest BCUT2D eigenvalue weighted by Crippen LogP contribution is 2.50. The molecule has 1 heteroatoms. The summed E-state index contributed by atoms with van der Waals surface area (Å²) in [5.41, 5.74) is 14.4. The summed E-state index contributed by atoms with van der Waals surface area (Å²) < 4.78 is 0. The van der Waals surface area contributed by atoms with Crippen molar-refractivity contribution in [2.24, 2.45) is 0 Å². The summed E-state index contributed by atoms with van der Waals surface area (Å²) in [6.07, 6.45) is 14.8. The number of hydrogen-bond acceptors (Lipinski definition) is 1. The van der Waals surface area contributed by atoms with Gasteiger partial charge < -0.3 is 4.90 Å². The number of nitrogens with zero attached hydrogens (tertiary/aromatic N) is 1. The normalized spacial score (nSPS) is 16.8. The average Bonchev–Trinajstić information content (AvgIpc) is 2.94. The number of rotatable bonds is 4. The van der Waals surface area contributed by atoms with Gasteiger partial charge in [-0.2, -0.15) is 0 Å². The van der Waals surface area contributed by atoms with Crippen LogP contribution in [0.25, 0.3) is 17.2 Å². The molecule has 1 nitrogen and oxygen atoms in total. The first-order valence-electron chi connectivity index (χ1n) is 12.7. The van der Waals surface area contributed by atoms with Gasteiger partial charge >= 0.3 is 0 Å². The topological polar surface area (TPSA) is 3.24 Å². The van der Waals surface area contributed by atoms with E-state index in [4.69, 9.17) is 0 Å². The predicted octanol–water partition coefficient (Wildman–Crippen LogP) is 9.22. The van der Waals surface area contributed by atoms with Crippen molar-refractivity contribution in [2.45, 2.75) is 19.3 Å². The molecule has 0 N–H and O–H groups in total. The van der Waals surface area contributed by atoms with Crippen LogP contribution in [0, 0.1) is 6.92 Å². The SMILES string of the molecule is Cc1ccc(N(c2ccc(-c3ccccc3)cc2)c2ccc3c4c2C=CC2=CC=CC(=CC3)C24)cc1. The zero-order valence-corrected chi connectivity index (χ0v) is 20.4. The van der Waals surface area contributed by atoms with Crippen molar-refractivity contribution in [3.05, 3.63) is 155 Å². The van der Waals surface area contributed by atoms with Crippen molar-refractivity contribution in [1.29, 1.82) is 0 Å². The monoisotopic (exact) mass is 461 g/mol. The van der Waals surface area contributed by atoms with Gasteiger partial charge in [0.1, 0.15) is 0 Å². The number of benzene rings is 4. The van der Waals surface area contributed by atoms with E-state index in [-0.39, 0.29) is 0 Å². The Kier molecular flexibility index (Phi) is 4.89. The molecule has 3 aliphatic rings. The van der Waals surface area contributed by atoms with Gasteiger partial charge in [0.05, 0.1) is 5.69 Å². The van der Waals surface area contributed by atoms with Crippen LogP contribution < -0.4 is 4.90 Å². The first kappa shape index (κ1) is 21.0. The van der Waals surface area contributed by atoms with E-state index in [9.17, 15) is 0 Å². The van der Waals surface area contributed by atoms with Gasteiger partial charge in [-0.3, -0.25) is 0 Å². The molecule has 4 aromatic rings. The number of anilines is 3. The van der Waals surface area contributed by atoms with Crippen LogP contribution in [0.15, 0.2) is 133 Å². The van der Waals surface area contributed by atoms with Crippen LogP contribution in [0.2, 0.25) is 0 Å². The molecular formula is C35H27N. The summed E-state index contributed by atoms with van der Waals surface area (Å²) in [7, 11) is 0. The van der Waals surface area contributed by atoms with Crippen LogP contribution in [0.5, 0.6) is 0 Å². The van der Waals surface area contributed by atoms with Gasteiger partial charge in [0.15, 0.2) is 0 Å². The third kappa shape index (κ3) is 3.39. The number of aryl methyl sites for hydroxylation is 1. The fourth-order valence-electron chi connectivity index (χ4n) is 5.85. The van der Waals surface area contributed by atoms with Gasteiger partial charge in [-0.25, -0.2) is 0 Å². The Labute approximate surface area is 213 Å². The largest absolute Gasteiger partial charge is 0.310 e. The van der Waals surface area contributed by atoms with Crippen molar-refractivity contribution >= 4 is 23.1 Å². The van der Waals surface area contributed by atoms with Crippen LogP contribution in [0.3, 0.4) is 0 Å². The second kappa shape index (κ2) is 8.39. The van der Waals surface area contributed by atoms with Crippen LogP contribution in [-0.2, 0) is 6.42 Å². The minimum absolute atomic E-state index is 0.346. The molecule has 0 bridgehead atoms. The Morgan fingerprint density at radius 3 is 2.17 bits per heavy atom. The van der Waals surface area contributed by atoms with Crippen LogP contribution in [0.1, 0.15) is 28.2 Å². The summed E-state index contributed by atoms with van der Waals surface area (Å²) in [4.78, 5) is 2.42. The molecule has 0 radical (unpaired) electrons. The Balaban J connectivity index is 1.40. The molecule has 1 atom stereocenters. The maximum atomic E-state index is 2.42. The second-order valence-electron chi connectivity index (χ2n) is 9.86. The molecule has 0 saturated heterocycles. The maximum absolute atomic E-state index is 2.42. The summed E-state index contributed by atoms with van der Waals surface area (Å²) in [5, 5.41) is 0. The van der Waals surface area contributed by atoms with Crippen LogP contribution in [0.4, 0.5) is 17.1 Å². The van der Waals surface area contributed by atoms with Crippen LogP contribution >= 0.6 is 0 Å². The third-order valence-electron chi connectivity index (χ3n) is 7.65. The van der Waals surface area contributed by atoms with Crippen molar-refractivity contribution in [2.75, 3.05) is 4.90 Å². The molecule has 172 valence electrons. The lowest BCUT2D eigenvalue weighted by Crippen LogP contribution is -2.20. The van der Waals surface area contributed by atoms with Crippen molar-refractivity contribution < 1.29 is 0 Å². The quantitative estimate of drug-likeness (QED) is 0.293. The smallest absolute Gasteiger partial charge is 0.0537 e. The zero-order chi connectivity index (χ0) is 24.1. The van der Waals surface area contributed by atoms with Gasteiger partial charge in [-0.05, 0) is 77.1 Å². The van der Waals surface area contributed by atoms with Gasteiger partial charge in [0.25, 0.3) is 0 Å². The van der Waals surface area contributed by atoms with E-state index in [1.54, 1.807) is 0 Å². The van der Waals surface area contributed by atoms with Gasteiger partial charge in [0, 0.05) is 22.9 Å². The molecule has 36 heavy (non-hydrogen) atoms. The van der Waals surface area contributed by atoms with E-state index < -0.39 is 0 Å². The van der Waals surface area contributed by atoms with Crippen LogP contribution in [-0.4, -0.2) is 0 Å². The summed E-state index contributed by atoms with van der Waals surface area (Å²) in [5.74, 6) is 0.346. The summed E-state index contributed by atoms with van der Waals surface area (Å²) >= 11 is 0. The molecule has 7 rings (SSSR count). The Hall–Kier alpha value is -4.36. The lowest BCUT2D eigenvalue weighted by Gasteiger charge is -2.36. The molecule has 0 aromatic heterocycles. The van der Waals surface area contributed by atoms with E-state index in [2.05, 4.69) is 139 Å². The van der Waals surface area contributed by atoms with E-state index in [0.29, 0.717) is 5.92 Å². The summed E-state index contributed by atoms with van der Waals surface area (Å²) in [6.45, 7) is 2.15. The molecule has 1 unspecified atom stereocenters. The van der Waals surface area contributed by atoms with Crippen molar-refractivity contribution in [3.8, 4) is 11.1 Å². The number of allylic oxidation sites excluding steroid dienone is 7. The Morgan fingerprint density at radius 1 is 0.667 bits per heavy atom. The maximum Gasteiger partial charge on any atom is 0.0537 e. The highest BCUT2D eigenvalue weighted by atomic mass is 15.1. The average molecular weight is 462 g/mol. The van der Waals surface area contributed by atoms with Gasteiger partial charge in [-0.15, -0.1) is 0 Å². The molecule has 0 fully saturated rings. The minimum Gasteiger partial charge on any atom is -0.310 e. The Bertz CT molecular complexity index is 1580. The fourth-order valence-corrected chi connectivity index (χ4v) is 5.85. The summed E-state index contributed by atoms with van der Waals surface area (Å²) in [6, 6.07) is 33.1. The third-order valence-corrected chi connectivity index (χ3v) is 7.65. The first-order valence-corrected chi connectivity index (χ1v) is 12.7. The standard InChI is InChI=1S/C35H27N/c1-24-10-18-30(19-11-24)36(31-20-14-26(15-21-31)25-6-3-2-4-7-25)33-23-17-29-13-12-27-8-5-9-28-16-22-32(33)35(29)34(27)28/h2-12,14-23,34H,13H2,1H3. The van der Waals surface area contributed by atoms with E-state index in [0.717, 1.165) is 6.42 Å². The Morgan fingerprint density at radius 2 is 1.39 bits per heavy atom. The highest BCUT2D eigenvalue weighted by Gasteiger charge is 2.32. The molecule has 0 spiro atoms. The second-order valence-corrected chi connectivity index (χ2v) is 9.86. The molecule has 0 amide bonds. The van der Waals surface area contributed by atoms with Crippen molar-refractivity contribution in [1.82, 2.24) is 0 Å². The lowest BCUT2D eigenvalue weighted by molar-refractivity contribution is 0.891. The first-order chi connectivity index (χ1) is 17.8. The van der Waals surface area contributed by atoms with E-state index in [1.165, 1.54) is 61.6 Å². The minimum atomic E-state index is 0.346.